The van der Waals surface area contributed by atoms with E-state index in [0.29, 0.717) is 20.7 Å². The number of nitrogens with zero attached hydrogens (tertiary/aromatic N) is 4. The molecule has 0 atom stereocenters. The molecule has 0 bridgehead atoms. The van der Waals surface area contributed by atoms with E-state index in [1.807, 2.05) is 22.7 Å². The largest absolute Gasteiger partial charge is 0.274 e. The van der Waals surface area contributed by atoms with Crippen molar-refractivity contribution in [3.05, 3.63) is 79.0 Å². The van der Waals surface area contributed by atoms with E-state index in [9.17, 15) is 9.59 Å². The van der Waals surface area contributed by atoms with Crippen LogP contribution in [0.25, 0.3) is 82.4 Å². The molecule has 0 amide bonds. The van der Waals surface area contributed by atoms with E-state index in [1.54, 1.807) is 31.5 Å². The number of aromatic nitrogens is 4. The minimum Gasteiger partial charge on any atom is -0.267 e. The Kier molecular flexibility index (Phi) is 9.49. The van der Waals surface area contributed by atoms with Gasteiger partial charge in [-0.2, -0.15) is 0 Å². The number of pyridine rings is 2. The van der Waals surface area contributed by atoms with Gasteiger partial charge in [0.25, 0.3) is 11.1 Å². The maximum Gasteiger partial charge on any atom is 0.274 e. The summed E-state index contributed by atoms with van der Waals surface area (Å²) >= 11 is 8.35. The number of hydrogen-bond donors (Lipinski definition) is 0. The Bertz CT molecular complexity index is 2890. The van der Waals surface area contributed by atoms with E-state index < -0.39 is 0 Å². The number of benzene rings is 1. The van der Waals surface area contributed by atoms with Crippen LogP contribution in [0, 0.1) is 0 Å². The van der Waals surface area contributed by atoms with Crippen molar-refractivity contribution in [2.24, 2.45) is 0 Å². The van der Waals surface area contributed by atoms with Gasteiger partial charge in [-0.1, -0.05) is 78.1 Å². The fourth-order valence-electron chi connectivity index (χ4n) is 8.36. The molecular formula is C44H42N4O2S5. The fraction of sp³-hybridized carbons (Fsp3) is 0.364. The normalized spacial score (nSPS) is 12.6. The molecule has 0 aliphatic heterocycles. The molecule has 1 aromatic carbocycles. The van der Waals surface area contributed by atoms with Crippen LogP contribution in [0.2, 0.25) is 0 Å². The van der Waals surface area contributed by atoms with Crippen LogP contribution < -0.4 is 11.1 Å². The smallest absolute Gasteiger partial charge is 0.267 e. The Hall–Kier alpha value is -3.74. The van der Waals surface area contributed by atoms with Gasteiger partial charge in [0.15, 0.2) is 0 Å². The van der Waals surface area contributed by atoms with Crippen LogP contribution in [0.1, 0.15) is 101 Å². The van der Waals surface area contributed by atoms with E-state index in [1.165, 1.54) is 108 Å². The molecule has 0 saturated heterocycles. The zero-order chi connectivity index (χ0) is 37.2. The summed E-state index contributed by atoms with van der Waals surface area (Å²) in [4.78, 5) is 48.3. The second-order valence-electron chi connectivity index (χ2n) is 15.0. The molecule has 0 aliphatic carbocycles. The molecule has 11 heteroatoms. The second-order valence-corrected chi connectivity index (χ2v) is 20.4. The standard InChI is InChI=1S/C44H42N4O2S5/c1-3-5-7-9-11-13-15-25-17-21-31(51-25)33-23-29-41(53-33)45-39-27-19-20-28-36-35(27)37(43(49)47(29)39)55-38(36)44(50)48-30-24-34(54-42(30)46-40(28)48)32-22-18-26(52-32)16-14-12-10-8-6-4-2/h17-24H,3-16H2,1-2H3. The Balaban J connectivity index is 0.990. The van der Waals surface area contributed by atoms with Gasteiger partial charge in [-0.25, -0.2) is 9.97 Å². The molecule has 0 spiro atoms. The van der Waals surface area contributed by atoms with E-state index in [-0.39, 0.29) is 11.1 Å². The van der Waals surface area contributed by atoms with Crippen LogP contribution in [0.3, 0.4) is 0 Å². The van der Waals surface area contributed by atoms with Gasteiger partial charge in [0, 0.05) is 50.8 Å². The third-order valence-corrected chi connectivity index (χ3v) is 17.1. The first-order chi connectivity index (χ1) is 27.0. The molecule has 0 N–H and O–H groups in total. The van der Waals surface area contributed by atoms with Crippen molar-refractivity contribution in [3.8, 4) is 19.5 Å². The van der Waals surface area contributed by atoms with Crippen molar-refractivity contribution >= 4 is 120 Å². The Morgan fingerprint density at radius 1 is 0.491 bits per heavy atom. The van der Waals surface area contributed by atoms with E-state index >= 15 is 0 Å². The molecule has 0 radical (unpaired) electrons. The molecule has 0 unspecified atom stereocenters. The number of hydrogen-bond acceptors (Lipinski definition) is 9. The summed E-state index contributed by atoms with van der Waals surface area (Å²) in [5.74, 6) is 0. The molecule has 9 heterocycles. The van der Waals surface area contributed by atoms with Gasteiger partial charge < -0.3 is 0 Å². The fourth-order valence-corrected chi connectivity index (χ4v) is 13.8. The summed E-state index contributed by atoms with van der Waals surface area (Å²) in [7, 11) is 0. The average molecular weight is 819 g/mol. The number of unbranched alkanes of at least 4 members (excludes halogenated alkanes) is 10. The highest BCUT2D eigenvalue weighted by atomic mass is 32.1. The summed E-state index contributed by atoms with van der Waals surface area (Å²) < 4.78 is 4.78. The molecule has 280 valence electrons. The average Bonchev–Trinajstić information content (AvgIpc) is 4.03. The van der Waals surface area contributed by atoms with Crippen molar-refractivity contribution < 1.29 is 0 Å². The number of aryl methyl sites for hydroxylation is 2. The van der Waals surface area contributed by atoms with Crippen molar-refractivity contribution in [1.82, 2.24) is 18.8 Å². The molecule has 10 rings (SSSR count). The molecular weight excluding hydrogens is 777 g/mol. The minimum absolute atomic E-state index is 0.104. The Morgan fingerprint density at radius 3 is 1.38 bits per heavy atom. The van der Waals surface area contributed by atoms with Crippen LogP contribution in [-0.4, -0.2) is 18.8 Å². The lowest BCUT2D eigenvalue weighted by atomic mass is 10.0. The van der Waals surface area contributed by atoms with Gasteiger partial charge in [0.1, 0.15) is 30.4 Å². The second kappa shape index (κ2) is 14.6. The first-order valence-electron chi connectivity index (χ1n) is 19.9. The first-order valence-corrected chi connectivity index (χ1v) is 24.0. The SMILES string of the molecule is CCCCCCCCc1ccc(-c2cc3c(nc4c5ccc6c7c(sc(c(=O)n34)c57)c(=O)n3c4cc(-c5ccc(CCCCCCCC)s5)sc4nc63)s2)s1. The van der Waals surface area contributed by atoms with E-state index in [2.05, 4.69) is 62.4 Å². The summed E-state index contributed by atoms with van der Waals surface area (Å²) in [6.45, 7) is 4.52. The summed E-state index contributed by atoms with van der Waals surface area (Å²) in [5, 5.41) is 3.50. The highest BCUT2D eigenvalue weighted by Crippen LogP contribution is 2.44. The summed E-state index contributed by atoms with van der Waals surface area (Å²) in [5.41, 5.74) is 2.80. The lowest BCUT2D eigenvalue weighted by Crippen LogP contribution is -2.12. The summed E-state index contributed by atoms with van der Waals surface area (Å²) in [6, 6.07) is 17.4. The number of thiophene rings is 5. The quantitative estimate of drug-likeness (QED) is 0.0719. The van der Waals surface area contributed by atoms with Gasteiger partial charge >= 0.3 is 0 Å². The monoisotopic (exact) mass is 818 g/mol. The number of imidazole rings is 2. The van der Waals surface area contributed by atoms with Crippen LogP contribution in [-0.2, 0) is 12.8 Å². The number of fused-ring (bicyclic) bond motifs is 8. The lowest BCUT2D eigenvalue weighted by molar-refractivity contribution is 0.609. The zero-order valence-electron chi connectivity index (χ0n) is 31.2. The highest BCUT2D eigenvalue weighted by molar-refractivity contribution is 7.27. The molecule has 0 aliphatic rings. The van der Waals surface area contributed by atoms with Crippen molar-refractivity contribution in [2.45, 2.75) is 104 Å². The van der Waals surface area contributed by atoms with Gasteiger partial charge in [0.05, 0.1) is 11.0 Å². The minimum atomic E-state index is -0.104. The molecule has 0 fully saturated rings. The topological polar surface area (TPSA) is 68.7 Å². The van der Waals surface area contributed by atoms with Gasteiger partial charge in [-0.15, -0.1) is 56.7 Å². The highest BCUT2D eigenvalue weighted by Gasteiger charge is 2.26. The van der Waals surface area contributed by atoms with Crippen molar-refractivity contribution in [3.63, 3.8) is 0 Å². The van der Waals surface area contributed by atoms with Gasteiger partial charge in [0.2, 0.25) is 0 Å². The van der Waals surface area contributed by atoms with Crippen LogP contribution in [0.4, 0.5) is 0 Å². The maximum atomic E-state index is 14.4. The first kappa shape index (κ1) is 35.7. The molecule has 6 nitrogen and oxygen atoms in total. The van der Waals surface area contributed by atoms with Gasteiger partial charge in [-0.3, -0.25) is 18.4 Å². The number of rotatable bonds is 16. The van der Waals surface area contributed by atoms with Crippen LogP contribution in [0.5, 0.6) is 0 Å². The predicted octanol–water partition coefficient (Wildman–Crippen LogP) is 13.8. The third-order valence-electron chi connectivity index (χ3n) is 11.2. The van der Waals surface area contributed by atoms with Crippen molar-refractivity contribution in [2.75, 3.05) is 0 Å². The van der Waals surface area contributed by atoms with Gasteiger partial charge in [-0.05, 0) is 74.2 Å². The molecule has 10 aromatic rings. The summed E-state index contributed by atoms with van der Waals surface area (Å²) in [6.07, 6.45) is 17.8. The molecule has 0 saturated carbocycles. The maximum absolute atomic E-state index is 14.4. The predicted molar refractivity (Wildman–Crippen MR) is 241 cm³/mol. The zero-order valence-corrected chi connectivity index (χ0v) is 35.2. The van der Waals surface area contributed by atoms with E-state index in [4.69, 9.17) is 9.97 Å². The van der Waals surface area contributed by atoms with Crippen molar-refractivity contribution in [1.29, 1.82) is 0 Å². The third kappa shape index (κ3) is 6.04. The lowest BCUT2D eigenvalue weighted by Gasteiger charge is -2.05. The van der Waals surface area contributed by atoms with Crippen LogP contribution >= 0.6 is 56.7 Å². The Labute approximate surface area is 338 Å². The molecule has 55 heavy (non-hydrogen) atoms. The molecule has 9 aromatic heterocycles. The Morgan fingerprint density at radius 2 is 0.927 bits per heavy atom. The van der Waals surface area contributed by atoms with E-state index in [0.717, 1.165) is 64.8 Å². The van der Waals surface area contributed by atoms with Crippen LogP contribution in [0.15, 0.2) is 58.1 Å².